The summed E-state index contributed by atoms with van der Waals surface area (Å²) in [6.45, 7) is 5.10. The van der Waals surface area contributed by atoms with Crippen LogP contribution in [0.2, 0.25) is 0 Å². The maximum Gasteiger partial charge on any atom is 0.212 e. The summed E-state index contributed by atoms with van der Waals surface area (Å²) < 4.78 is 21.5. The Labute approximate surface area is 181 Å². The van der Waals surface area contributed by atoms with Crippen LogP contribution in [0.5, 0.6) is 17.4 Å². The molecule has 9 heteroatoms. The number of anilines is 1. The fourth-order valence-electron chi connectivity index (χ4n) is 3.51. The minimum atomic E-state index is 0.541. The lowest BCUT2D eigenvalue weighted by Gasteiger charge is -2.26. The first kappa shape index (κ1) is 21.1. The monoisotopic (exact) mass is 425 g/mol. The fourth-order valence-corrected chi connectivity index (χ4v) is 3.51. The van der Waals surface area contributed by atoms with Crippen molar-refractivity contribution in [2.75, 3.05) is 66.0 Å². The van der Waals surface area contributed by atoms with Crippen LogP contribution in [-0.4, -0.2) is 80.6 Å². The minimum Gasteiger partial charge on any atom is -0.493 e. The predicted octanol–water partition coefficient (Wildman–Crippen LogP) is 2.46. The third-order valence-electron chi connectivity index (χ3n) is 5.23. The van der Waals surface area contributed by atoms with Crippen LogP contribution in [0.1, 0.15) is 0 Å². The van der Waals surface area contributed by atoms with Crippen molar-refractivity contribution < 1.29 is 18.9 Å². The molecule has 164 valence electrons. The van der Waals surface area contributed by atoms with Crippen molar-refractivity contribution in [3.8, 4) is 28.8 Å². The quantitative estimate of drug-likeness (QED) is 0.584. The number of ether oxygens (including phenoxy) is 4. The van der Waals surface area contributed by atoms with Crippen molar-refractivity contribution in [2.45, 2.75) is 0 Å². The van der Waals surface area contributed by atoms with Crippen LogP contribution in [0.15, 0.2) is 30.5 Å². The Morgan fingerprint density at radius 3 is 2.45 bits per heavy atom. The van der Waals surface area contributed by atoms with E-state index in [0.717, 1.165) is 61.7 Å². The fraction of sp³-hybridized carbons (Fsp3) is 0.409. The van der Waals surface area contributed by atoms with Crippen molar-refractivity contribution in [1.82, 2.24) is 19.9 Å². The van der Waals surface area contributed by atoms with E-state index in [1.54, 1.807) is 33.6 Å². The highest BCUT2D eigenvalue weighted by atomic mass is 16.5. The van der Waals surface area contributed by atoms with E-state index in [0.29, 0.717) is 23.2 Å². The van der Waals surface area contributed by atoms with Crippen molar-refractivity contribution >= 4 is 16.7 Å². The summed E-state index contributed by atoms with van der Waals surface area (Å²) in [5, 5.41) is 4.35. The molecular formula is C22H27N5O4. The Morgan fingerprint density at radius 2 is 1.77 bits per heavy atom. The van der Waals surface area contributed by atoms with Crippen LogP contribution < -0.4 is 19.5 Å². The second-order valence-corrected chi connectivity index (χ2v) is 7.09. The van der Waals surface area contributed by atoms with Gasteiger partial charge in [-0.25, -0.2) is 15.0 Å². The maximum absolute atomic E-state index is 5.49. The number of nitrogens with zero attached hydrogens (tertiary/aromatic N) is 4. The normalized spacial score (nSPS) is 14.4. The molecule has 0 unspecified atom stereocenters. The summed E-state index contributed by atoms with van der Waals surface area (Å²) in [7, 11) is 4.82. The SMILES string of the molecule is COc1ccc(-c2nc(NCCN3CCOCC3)c3cc(OC)c(OC)cc3n2)cn1. The summed E-state index contributed by atoms with van der Waals surface area (Å²) in [5.41, 5.74) is 1.56. The molecule has 3 heterocycles. The van der Waals surface area contributed by atoms with Crippen LogP contribution in [-0.2, 0) is 4.74 Å². The Hall–Kier alpha value is -3.17. The summed E-state index contributed by atoms with van der Waals surface area (Å²) >= 11 is 0. The van der Waals surface area contributed by atoms with E-state index in [1.165, 1.54) is 0 Å². The van der Waals surface area contributed by atoms with Gasteiger partial charge < -0.3 is 24.3 Å². The van der Waals surface area contributed by atoms with Crippen LogP contribution in [0.4, 0.5) is 5.82 Å². The average Bonchev–Trinajstić information content (AvgIpc) is 2.83. The summed E-state index contributed by atoms with van der Waals surface area (Å²) in [5.74, 6) is 3.11. The second-order valence-electron chi connectivity index (χ2n) is 7.09. The summed E-state index contributed by atoms with van der Waals surface area (Å²) in [6.07, 6.45) is 1.71. The van der Waals surface area contributed by atoms with E-state index in [-0.39, 0.29) is 0 Å². The van der Waals surface area contributed by atoms with E-state index in [9.17, 15) is 0 Å². The van der Waals surface area contributed by atoms with Gasteiger partial charge in [0.25, 0.3) is 0 Å². The number of nitrogens with one attached hydrogen (secondary N) is 1. The van der Waals surface area contributed by atoms with Gasteiger partial charge in [-0.05, 0) is 12.1 Å². The molecule has 1 aliphatic rings. The zero-order chi connectivity index (χ0) is 21.6. The number of fused-ring (bicyclic) bond motifs is 1. The smallest absolute Gasteiger partial charge is 0.212 e. The highest BCUT2D eigenvalue weighted by molar-refractivity contribution is 5.93. The molecule has 0 radical (unpaired) electrons. The number of hydrogen-bond acceptors (Lipinski definition) is 9. The lowest BCUT2D eigenvalue weighted by Crippen LogP contribution is -2.39. The molecule has 4 rings (SSSR count). The van der Waals surface area contributed by atoms with Gasteiger partial charge >= 0.3 is 0 Å². The van der Waals surface area contributed by atoms with Gasteiger partial charge in [0.05, 0.1) is 40.1 Å². The van der Waals surface area contributed by atoms with Gasteiger partial charge in [0.2, 0.25) is 5.88 Å². The Bertz CT molecular complexity index is 1020. The molecule has 1 fully saturated rings. The Balaban J connectivity index is 1.68. The Kier molecular flexibility index (Phi) is 6.63. The molecule has 0 aliphatic carbocycles. The first-order chi connectivity index (χ1) is 15.2. The number of rotatable bonds is 8. The van der Waals surface area contributed by atoms with Gasteiger partial charge in [0.1, 0.15) is 5.82 Å². The molecule has 1 aliphatic heterocycles. The van der Waals surface area contributed by atoms with Crippen molar-refractivity contribution in [3.63, 3.8) is 0 Å². The second kappa shape index (κ2) is 9.76. The molecule has 31 heavy (non-hydrogen) atoms. The highest BCUT2D eigenvalue weighted by Crippen LogP contribution is 2.35. The van der Waals surface area contributed by atoms with Crippen LogP contribution in [0.25, 0.3) is 22.3 Å². The zero-order valence-corrected chi connectivity index (χ0v) is 18.1. The lowest BCUT2D eigenvalue weighted by atomic mass is 10.2. The van der Waals surface area contributed by atoms with Crippen LogP contribution in [0.3, 0.4) is 0 Å². The highest BCUT2D eigenvalue weighted by Gasteiger charge is 2.15. The molecule has 3 aromatic rings. The number of methoxy groups -OCH3 is 3. The van der Waals surface area contributed by atoms with Crippen molar-refractivity contribution in [3.05, 3.63) is 30.5 Å². The maximum atomic E-state index is 5.49. The third-order valence-corrected chi connectivity index (χ3v) is 5.23. The molecule has 1 saturated heterocycles. The van der Waals surface area contributed by atoms with E-state index in [1.807, 2.05) is 18.2 Å². The zero-order valence-electron chi connectivity index (χ0n) is 18.1. The number of benzene rings is 1. The number of pyridine rings is 1. The summed E-state index contributed by atoms with van der Waals surface area (Å²) in [6, 6.07) is 7.46. The first-order valence-electron chi connectivity index (χ1n) is 10.2. The number of hydrogen-bond donors (Lipinski definition) is 1. The first-order valence-corrected chi connectivity index (χ1v) is 10.2. The van der Waals surface area contributed by atoms with Crippen molar-refractivity contribution in [2.24, 2.45) is 0 Å². The third kappa shape index (κ3) is 4.78. The van der Waals surface area contributed by atoms with Crippen LogP contribution >= 0.6 is 0 Å². The standard InChI is InChI=1S/C22H27N5O4/c1-28-18-12-16-17(13-19(18)29-2)25-21(15-4-5-20(30-3)24-14-15)26-22(16)23-6-7-27-8-10-31-11-9-27/h4-5,12-14H,6-11H2,1-3H3,(H,23,25,26). The van der Waals surface area contributed by atoms with Gasteiger partial charge in [-0.2, -0.15) is 0 Å². The molecule has 9 nitrogen and oxygen atoms in total. The molecule has 1 aromatic carbocycles. The Morgan fingerprint density at radius 1 is 1.00 bits per heavy atom. The van der Waals surface area contributed by atoms with E-state index >= 15 is 0 Å². The van der Waals surface area contributed by atoms with E-state index in [2.05, 4.69) is 15.2 Å². The van der Waals surface area contributed by atoms with Gasteiger partial charge in [-0.3, -0.25) is 4.90 Å². The molecule has 0 bridgehead atoms. The molecule has 0 saturated carbocycles. The molecular weight excluding hydrogens is 398 g/mol. The molecule has 0 spiro atoms. The summed E-state index contributed by atoms with van der Waals surface area (Å²) in [4.78, 5) is 16.2. The molecule has 0 atom stereocenters. The number of morpholine rings is 1. The average molecular weight is 425 g/mol. The van der Waals surface area contributed by atoms with Gasteiger partial charge in [-0.1, -0.05) is 0 Å². The largest absolute Gasteiger partial charge is 0.493 e. The van der Waals surface area contributed by atoms with E-state index < -0.39 is 0 Å². The number of aromatic nitrogens is 3. The lowest BCUT2D eigenvalue weighted by molar-refractivity contribution is 0.0398. The predicted molar refractivity (Wildman–Crippen MR) is 118 cm³/mol. The van der Waals surface area contributed by atoms with Crippen molar-refractivity contribution in [1.29, 1.82) is 0 Å². The van der Waals surface area contributed by atoms with Crippen LogP contribution in [0, 0.1) is 0 Å². The topological polar surface area (TPSA) is 90.9 Å². The van der Waals surface area contributed by atoms with Gasteiger partial charge in [0.15, 0.2) is 17.3 Å². The minimum absolute atomic E-state index is 0.541. The molecule has 2 aromatic heterocycles. The van der Waals surface area contributed by atoms with Gasteiger partial charge in [-0.15, -0.1) is 0 Å². The molecule has 0 amide bonds. The van der Waals surface area contributed by atoms with E-state index in [4.69, 9.17) is 28.9 Å². The van der Waals surface area contributed by atoms with Gasteiger partial charge in [0, 0.05) is 55.5 Å². The molecule has 1 N–H and O–H groups in total.